The van der Waals surface area contributed by atoms with E-state index in [1.165, 1.54) is 6.07 Å². The highest BCUT2D eigenvalue weighted by Crippen LogP contribution is 2.20. The van der Waals surface area contributed by atoms with Crippen LogP contribution in [0.4, 0.5) is 0 Å². The van der Waals surface area contributed by atoms with Crippen molar-refractivity contribution in [2.75, 3.05) is 0 Å². The maximum absolute atomic E-state index is 12.4. The normalized spacial score (nSPS) is 10.8. The fourth-order valence-corrected chi connectivity index (χ4v) is 2.52. The van der Waals surface area contributed by atoms with Gasteiger partial charge in [-0.2, -0.15) is 0 Å². The van der Waals surface area contributed by atoms with E-state index in [2.05, 4.69) is 10.3 Å². The van der Waals surface area contributed by atoms with Crippen molar-refractivity contribution in [1.82, 2.24) is 10.3 Å². The summed E-state index contributed by atoms with van der Waals surface area (Å²) in [5, 5.41) is 4.09. The average molecular weight is 344 g/mol. The number of aromatic nitrogens is 1. The molecule has 7 heteroatoms. The van der Waals surface area contributed by atoms with Crippen LogP contribution >= 0.6 is 11.6 Å². The number of amides is 2. The van der Waals surface area contributed by atoms with Crippen molar-refractivity contribution in [3.63, 3.8) is 0 Å². The van der Waals surface area contributed by atoms with Crippen molar-refractivity contribution in [3.05, 3.63) is 64.2 Å². The molecule has 2 heterocycles. The molecule has 2 amide bonds. The number of pyridine rings is 1. The number of nitrogens with two attached hydrogens (primary N) is 1. The van der Waals surface area contributed by atoms with Crippen molar-refractivity contribution in [1.29, 1.82) is 0 Å². The van der Waals surface area contributed by atoms with E-state index in [1.54, 1.807) is 37.3 Å². The zero-order valence-corrected chi connectivity index (χ0v) is 13.6. The van der Waals surface area contributed by atoms with Crippen molar-refractivity contribution in [3.8, 4) is 0 Å². The molecule has 0 unspecified atom stereocenters. The monoisotopic (exact) mass is 343 g/mol. The number of nitrogens with zero attached hydrogens (tertiary/aromatic N) is 1. The molecule has 0 fully saturated rings. The van der Waals surface area contributed by atoms with Crippen molar-refractivity contribution in [2.24, 2.45) is 5.73 Å². The molecule has 3 rings (SSSR count). The third-order valence-corrected chi connectivity index (χ3v) is 3.77. The maximum atomic E-state index is 12.4. The quantitative estimate of drug-likeness (QED) is 0.761. The van der Waals surface area contributed by atoms with Gasteiger partial charge in [0, 0.05) is 10.4 Å². The number of hydrogen-bond donors (Lipinski definition) is 2. The van der Waals surface area contributed by atoms with Crippen LogP contribution in [0.2, 0.25) is 5.02 Å². The van der Waals surface area contributed by atoms with Crippen LogP contribution in [0.5, 0.6) is 0 Å². The zero-order valence-electron chi connectivity index (χ0n) is 12.8. The lowest BCUT2D eigenvalue weighted by Gasteiger charge is -2.08. The number of carbonyl (C=O) groups is 2. The zero-order chi connectivity index (χ0) is 17.3. The lowest BCUT2D eigenvalue weighted by molar-refractivity contribution is 0.0947. The standard InChI is InChI=1S/C17H14ClN3O3/c1-9-13(7-10-6-11(18)2-4-14(10)21-9)17(23)20-8-12-3-5-15(24-12)16(19)22/h2-7H,8H2,1H3,(H2,19,22)(H,20,23). The third kappa shape index (κ3) is 3.23. The summed E-state index contributed by atoms with van der Waals surface area (Å²) in [5.41, 5.74) is 6.95. The molecule has 0 saturated carbocycles. The van der Waals surface area contributed by atoms with Gasteiger partial charge in [-0.25, -0.2) is 0 Å². The van der Waals surface area contributed by atoms with Crippen molar-refractivity contribution < 1.29 is 14.0 Å². The predicted molar refractivity (Wildman–Crippen MR) is 89.9 cm³/mol. The Morgan fingerprint density at radius 3 is 2.75 bits per heavy atom. The second-order valence-electron chi connectivity index (χ2n) is 5.27. The molecular weight excluding hydrogens is 330 g/mol. The topological polar surface area (TPSA) is 98.2 Å². The Morgan fingerprint density at radius 1 is 1.25 bits per heavy atom. The second kappa shape index (κ2) is 6.33. The van der Waals surface area contributed by atoms with E-state index in [-0.39, 0.29) is 18.2 Å². The maximum Gasteiger partial charge on any atom is 0.284 e. The Kier molecular flexibility index (Phi) is 4.22. The van der Waals surface area contributed by atoms with Crippen LogP contribution in [-0.2, 0) is 6.54 Å². The first-order valence-electron chi connectivity index (χ1n) is 7.17. The Bertz CT molecular complexity index is 949. The van der Waals surface area contributed by atoms with Crippen molar-refractivity contribution >= 4 is 34.3 Å². The van der Waals surface area contributed by atoms with Gasteiger partial charge in [0.25, 0.3) is 11.8 Å². The minimum Gasteiger partial charge on any atom is -0.454 e. The van der Waals surface area contributed by atoms with Gasteiger partial charge in [-0.05, 0) is 43.3 Å². The van der Waals surface area contributed by atoms with E-state index < -0.39 is 5.91 Å². The minimum absolute atomic E-state index is 0.0532. The third-order valence-electron chi connectivity index (χ3n) is 3.54. The first-order chi connectivity index (χ1) is 11.4. The number of carbonyl (C=O) groups excluding carboxylic acids is 2. The van der Waals surface area contributed by atoms with E-state index in [1.807, 2.05) is 0 Å². The number of primary amides is 1. The molecule has 122 valence electrons. The molecular formula is C17H14ClN3O3. The molecule has 6 nitrogen and oxygen atoms in total. The molecule has 0 aliphatic rings. The Hall–Kier alpha value is -2.86. The van der Waals surface area contributed by atoms with E-state index in [0.717, 1.165) is 10.9 Å². The number of rotatable bonds is 4. The average Bonchev–Trinajstić information content (AvgIpc) is 3.01. The van der Waals surface area contributed by atoms with Gasteiger partial charge in [0.15, 0.2) is 5.76 Å². The number of benzene rings is 1. The first kappa shape index (κ1) is 16.0. The number of nitrogens with one attached hydrogen (secondary N) is 1. The Morgan fingerprint density at radius 2 is 2.04 bits per heavy atom. The predicted octanol–water partition coefficient (Wildman–Crippen LogP) is 2.82. The van der Waals surface area contributed by atoms with Crippen LogP contribution in [0.25, 0.3) is 10.9 Å². The summed E-state index contributed by atoms with van der Waals surface area (Å²) < 4.78 is 5.23. The highest BCUT2D eigenvalue weighted by Gasteiger charge is 2.13. The molecule has 2 aromatic heterocycles. The number of halogens is 1. The summed E-state index contributed by atoms with van der Waals surface area (Å²) in [7, 11) is 0. The number of fused-ring (bicyclic) bond motifs is 1. The summed E-state index contributed by atoms with van der Waals surface area (Å²) >= 11 is 5.98. The second-order valence-corrected chi connectivity index (χ2v) is 5.71. The highest BCUT2D eigenvalue weighted by molar-refractivity contribution is 6.31. The van der Waals surface area contributed by atoms with Gasteiger partial charge in [-0.15, -0.1) is 0 Å². The van der Waals surface area contributed by atoms with Crippen LogP contribution in [-0.4, -0.2) is 16.8 Å². The number of aryl methyl sites for hydroxylation is 1. The molecule has 1 aromatic carbocycles. The summed E-state index contributed by atoms with van der Waals surface area (Å²) in [6.07, 6.45) is 0. The van der Waals surface area contributed by atoms with Crippen LogP contribution in [0, 0.1) is 6.92 Å². The molecule has 0 aliphatic carbocycles. The van der Waals surface area contributed by atoms with Gasteiger partial charge in [0.2, 0.25) is 0 Å². The summed E-state index contributed by atoms with van der Waals surface area (Å²) in [4.78, 5) is 27.8. The largest absolute Gasteiger partial charge is 0.454 e. The molecule has 0 bridgehead atoms. The van der Waals surface area contributed by atoms with Gasteiger partial charge in [0.05, 0.1) is 23.3 Å². The molecule has 24 heavy (non-hydrogen) atoms. The smallest absolute Gasteiger partial charge is 0.284 e. The number of furan rings is 1. The van der Waals surface area contributed by atoms with Crippen LogP contribution in [0.1, 0.15) is 32.4 Å². The van der Waals surface area contributed by atoms with Gasteiger partial charge in [-0.3, -0.25) is 14.6 Å². The van der Waals surface area contributed by atoms with Gasteiger partial charge < -0.3 is 15.5 Å². The SMILES string of the molecule is Cc1nc2ccc(Cl)cc2cc1C(=O)NCc1ccc(C(N)=O)o1. The molecule has 0 radical (unpaired) electrons. The number of hydrogen-bond acceptors (Lipinski definition) is 4. The van der Waals surface area contributed by atoms with E-state index in [9.17, 15) is 9.59 Å². The van der Waals surface area contributed by atoms with Crippen LogP contribution < -0.4 is 11.1 Å². The molecule has 0 atom stereocenters. The lowest BCUT2D eigenvalue weighted by atomic mass is 10.1. The van der Waals surface area contributed by atoms with E-state index in [4.69, 9.17) is 21.8 Å². The van der Waals surface area contributed by atoms with Crippen LogP contribution in [0.15, 0.2) is 40.8 Å². The van der Waals surface area contributed by atoms with Crippen molar-refractivity contribution in [2.45, 2.75) is 13.5 Å². The molecule has 0 spiro atoms. The Balaban J connectivity index is 1.80. The lowest BCUT2D eigenvalue weighted by Crippen LogP contribution is -2.23. The highest BCUT2D eigenvalue weighted by atomic mass is 35.5. The Labute approximate surface area is 142 Å². The fourth-order valence-electron chi connectivity index (χ4n) is 2.34. The van der Waals surface area contributed by atoms with Crippen LogP contribution in [0.3, 0.4) is 0 Å². The molecule has 0 aliphatic heterocycles. The molecule has 3 N–H and O–H groups in total. The fraction of sp³-hybridized carbons (Fsp3) is 0.118. The molecule has 3 aromatic rings. The summed E-state index contributed by atoms with van der Waals surface area (Å²) in [5.74, 6) is -0.457. The van der Waals surface area contributed by atoms with E-state index >= 15 is 0 Å². The van der Waals surface area contributed by atoms with Gasteiger partial charge >= 0.3 is 0 Å². The molecule has 0 saturated heterocycles. The summed E-state index contributed by atoms with van der Waals surface area (Å²) in [6, 6.07) is 10.1. The van der Waals surface area contributed by atoms with Gasteiger partial charge in [-0.1, -0.05) is 11.6 Å². The van der Waals surface area contributed by atoms with E-state index in [0.29, 0.717) is 22.0 Å². The first-order valence-corrected chi connectivity index (χ1v) is 7.55. The minimum atomic E-state index is -0.654. The summed E-state index contributed by atoms with van der Waals surface area (Å²) in [6.45, 7) is 1.90. The van der Waals surface area contributed by atoms with Gasteiger partial charge in [0.1, 0.15) is 5.76 Å².